The zero-order chi connectivity index (χ0) is 16.5. The number of halogens is 3. The SMILES string of the molecule is CC.CCCC(CC)Oc1nc(C(F)(F)F)ccc1CC. The van der Waals surface area contributed by atoms with E-state index in [1.165, 1.54) is 6.07 Å². The van der Waals surface area contributed by atoms with E-state index in [-0.39, 0.29) is 12.0 Å². The van der Waals surface area contributed by atoms with E-state index in [4.69, 9.17) is 4.74 Å². The Kier molecular flexibility index (Phi) is 9.06. The predicted octanol–water partition coefficient (Wildman–Crippen LogP) is 5.65. The first-order valence-corrected chi connectivity index (χ1v) is 7.66. The van der Waals surface area contributed by atoms with Crippen molar-refractivity contribution >= 4 is 0 Å². The molecule has 0 saturated heterocycles. The first kappa shape index (κ1) is 19.7. The van der Waals surface area contributed by atoms with Crippen molar-refractivity contribution in [2.45, 2.75) is 72.6 Å². The molecule has 2 nitrogen and oxygen atoms in total. The zero-order valence-corrected chi connectivity index (χ0v) is 13.5. The smallest absolute Gasteiger partial charge is 0.433 e. The topological polar surface area (TPSA) is 22.1 Å². The van der Waals surface area contributed by atoms with Crippen LogP contribution in [0.2, 0.25) is 0 Å². The highest BCUT2D eigenvalue weighted by Gasteiger charge is 2.33. The Morgan fingerprint density at radius 1 is 1.14 bits per heavy atom. The molecule has 1 unspecified atom stereocenters. The van der Waals surface area contributed by atoms with E-state index < -0.39 is 11.9 Å². The van der Waals surface area contributed by atoms with E-state index in [0.717, 1.165) is 25.3 Å². The summed E-state index contributed by atoms with van der Waals surface area (Å²) in [6.07, 6.45) is -1.41. The van der Waals surface area contributed by atoms with Gasteiger partial charge >= 0.3 is 6.18 Å². The molecule has 0 radical (unpaired) electrons. The number of aryl methyl sites for hydroxylation is 1. The van der Waals surface area contributed by atoms with E-state index in [2.05, 4.69) is 4.98 Å². The van der Waals surface area contributed by atoms with Gasteiger partial charge in [-0.25, -0.2) is 4.98 Å². The van der Waals surface area contributed by atoms with Gasteiger partial charge in [-0.15, -0.1) is 0 Å². The van der Waals surface area contributed by atoms with Gasteiger partial charge in [-0.2, -0.15) is 13.2 Å². The van der Waals surface area contributed by atoms with Crippen molar-refractivity contribution in [2.24, 2.45) is 0 Å². The highest BCUT2D eigenvalue weighted by molar-refractivity contribution is 5.29. The second-order valence-electron chi connectivity index (χ2n) is 4.45. The van der Waals surface area contributed by atoms with Gasteiger partial charge in [0.05, 0.1) is 0 Å². The van der Waals surface area contributed by atoms with Crippen molar-refractivity contribution in [1.82, 2.24) is 4.98 Å². The second-order valence-corrected chi connectivity index (χ2v) is 4.45. The van der Waals surface area contributed by atoms with Crippen LogP contribution in [0.3, 0.4) is 0 Å². The molecule has 0 fully saturated rings. The Hall–Kier alpha value is -1.26. The van der Waals surface area contributed by atoms with Crippen LogP contribution >= 0.6 is 0 Å². The summed E-state index contributed by atoms with van der Waals surface area (Å²) in [5.74, 6) is 0.123. The number of hydrogen-bond donors (Lipinski definition) is 0. The number of aromatic nitrogens is 1. The molecule has 0 spiro atoms. The summed E-state index contributed by atoms with van der Waals surface area (Å²) in [5, 5.41) is 0. The quantitative estimate of drug-likeness (QED) is 0.678. The van der Waals surface area contributed by atoms with Crippen molar-refractivity contribution in [3.63, 3.8) is 0 Å². The lowest BCUT2D eigenvalue weighted by atomic mass is 10.1. The lowest BCUT2D eigenvalue weighted by Crippen LogP contribution is -2.18. The van der Waals surface area contributed by atoms with Crippen molar-refractivity contribution < 1.29 is 17.9 Å². The summed E-state index contributed by atoms with van der Waals surface area (Å²) in [5.41, 5.74) is -0.186. The van der Waals surface area contributed by atoms with E-state index >= 15 is 0 Å². The lowest BCUT2D eigenvalue weighted by Gasteiger charge is -2.19. The second kappa shape index (κ2) is 9.64. The number of nitrogens with zero attached hydrogens (tertiary/aromatic N) is 1. The Bertz CT molecular complexity index is 405. The average molecular weight is 305 g/mol. The van der Waals surface area contributed by atoms with Gasteiger partial charge < -0.3 is 4.74 Å². The summed E-state index contributed by atoms with van der Waals surface area (Å²) in [4.78, 5) is 3.64. The maximum Gasteiger partial charge on any atom is 0.433 e. The fraction of sp³-hybridized carbons (Fsp3) is 0.688. The largest absolute Gasteiger partial charge is 0.474 e. The van der Waals surface area contributed by atoms with Crippen LogP contribution < -0.4 is 4.74 Å². The molecule has 0 saturated carbocycles. The first-order chi connectivity index (χ1) is 9.92. The fourth-order valence-electron chi connectivity index (χ4n) is 1.82. The van der Waals surface area contributed by atoms with E-state index in [1.54, 1.807) is 0 Å². The molecule has 0 aliphatic heterocycles. The van der Waals surface area contributed by atoms with Crippen LogP contribution in [0.5, 0.6) is 5.88 Å². The number of alkyl halides is 3. The van der Waals surface area contributed by atoms with Gasteiger partial charge in [0, 0.05) is 5.56 Å². The number of rotatable bonds is 6. The molecule has 1 heterocycles. The highest BCUT2D eigenvalue weighted by atomic mass is 19.4. The number of ether oxygens (including phenoxy) is 1. The third kappa shape index (κ3) is 6.36. The minimum atomic E-state index is -4.43. The standard InChI is InChI=1S/C14H20F3NO.C2H6/c1-4-7-11(6-3)19-13-10(5-2)8-9-12(18-13)14(15,16)17;1-2/h8-9,11H,4-7H2,1-3H3;1-2H3. The predicted molar refractivity (Wildman–Crippen MR) is 79.6 cm³/mol. The Labute approximate surface area is 125 Å². The monoisotopic (exact) mass is 305 g/mol. The lowest BCUT2D eigenvalue weighted by molar-refractivity contribution is -0.141. The molecule has 0 aliphatic rings. The molecular formula is C16H26F3NO. The van der Waals surface area contributed by atoms with Gasteiger partial charge in [-0.3, -0.25) is 0 Å². The van der Waals surface area contributed by atoms with Crippen molar-refractivity contribution in [3.8, 4) is 5.88 Å². The Morgan fingerprint density at radius 2 is 1.76 bits per heavy atom. The summed E-state index contributed by atoms with van der Waals surface area (Å²) in [6.45, 7) is 9.85. The maximum atomic E-state index is 12.7. The van der Waals surface area contributed by atoms with Gasteiger partial charge in [0.1, 0.15) is 11.8 Å². The molecule has 1 aromatic rings. The Balaban J connectivity index is 0.00000191. The molecule has 21 heavy (non-hydrogen) atoms. The summed E-state index contributed by atoms with van der Waals surface area (Å²) in [6, 6.07) is 2.45. The van der Waals surface area contributed by atoms with Crippen LogP contribution in [0.1, 0.15) is 65.1 Å². The third-order valence-corrected chi connectivity index (χ3v) is 2.95. The zero-order valence-electron chi connectivity index (χ0n) is 13.5. The maximum absolute atomic E-state index is 12.7. The molecule has 5 heteroatoms. The summed E-state index contributed by atoms with van der Waals surface area (Å²) < 4.78 is 43.6. The average Bonchev–Trinajstić information content (AvgIpc) is 2.47. The third-order valence-electron chi connectivity index (χ3n) is 2.95. The molecule has 0 aliphatic carbocycles. The van der Waals surface area contributed by atoms with Crippen molar-refractivity contribution in [1.29, 1.82) is 0 Å². The summed E-state index contributed by atoms with van der Waals surface area (Å²) in [7, 11) is 0. The van der Waals surface area contributed by atoms with Gasteiger partial charge in [0.25, 0.3) is 0 Å². The highest BCUT2D eigenvalue weighted by Crippen LogP contribution is 2.31. The molecule has 0 N–H and O–H groups in total. The molecule has 1 atom stereocenters. The van der Waals surface area contributed by atoms with Crippen LogP contribution in [-0.4, -0.2) is 11.1 Å². The molecule has 0 amide bonds. The van der Waals surface area contributed by atoms with Crippen LogP contribution in [0, 0.1) is 0 Å². The van der Waals surface area contributed by atoms with Gasteiger partial charge in [-0.1, -0.05) is 47.1 Å². The van der Waals surface area contributed by atoms with Crippen LogP contribution in [0.25, 0.3) is 0 Å². The van der Waals surface area contributed by atoms with E-state index in [9.17, 15) is 13.2 Å². The first-order valence-electron chi connectivity index (χ1n) is 7.66. The summed E-state index contributed by atoms with van der Waals surface area (Å²) >= 11 is 0. The number of pyridine rings is 1. The van der Waals surface area contributed by atoms with Gasteiger partial charge in [-0.05, 0) is 25.3 Å². The van der Waals surface area contributed by atoms with E-state index in [1.807, 2.05) is 34.6 Å². The molecule has 1 rings (SSSR count). The molecule has 122 valence electrons. The van der Waals surface area contributed by atoms with Crippen molar-refractivity contribution in [2.75, 3.05) is 0 Å². The van der Waals surface area contributed by atoms with Crippen LogP contribution in [0.15, 0.2) is 12.1 Å². The van der Waals surface area contributed by atoms with Crippen LogP contribution in [-0.2, 0) is 12.6 Å². The van der Waals surface area contributed by atoms with E-state index in [0.29, 0.717) is 12.0 Å². The minimum absolute atomic E-state index is 0.0775. The normalized spacial score (nSPS) is 12.4. The van der Waals surface area contributed by atoms with Crippen LogP contribution in [0.4, 0.5) is 13.2 Å². The molecule has 1 aromatic heterocycles. The molecule has 0 bridgehead atoms. The fourth-order valence-corrected chi connectivity index (χ4v) is 1.82. The number of hydrogen-bond acceptors (Lipinski definition) is 2. The Morgan fingerprint density at radius 3 is 2.19 bits per heavy atom. The van der Waals surface area contributed by atoms with Crippen molar-refractivity contribution in [3.05, 3.63) is 23.4 Å². The van der Waals surface area contributed by atoms with Gasteiger partial charge in [0.15, 0.2) is 0 Å². The van der Waals surface area contributed by atoms with Gasteiger partial charge in [0.2, 0.25) is 5.88 Å². The molecular weight excluding hydrogens is 279 g/mol. The minimum Gasteiger partial charge on any atom is -0.474 e. The molecule has 0 aromatic carbocycles.